The normalized spacial score (nSPS) is 9.73. The van der Waals surface area contributed by atoms with Crippen molar-refractivity contribution in [1.29, 1.82) is 0 Å². The van der Waals surface area contributed by atoms with Crippen LogP contribution in [-0.2, 0) is 4.79 Å². The molecule has 0 aliphatic heterocycles. The van der Waals surface area contributed by atoms with E-state index >= 15 is 0 Å². The van der Waals surface area contributed by atoms with E-state index in [1.54, 1.807) is 36.2 Å². The maximum absolute atomic E-state index is 11.4. The van der Waals surface area contributed by atoms with Crippen molar-refractivity contribution < 1.29 is 9.53 Å². The number of carbonyl (C=O) groups excluding carboxylic acids is 1. The van der Waals surface area contributed by atoms with Gasteiger partial charge >= 0.3 is 0 Å². The number of rotatable bonds is 4. The summed E-state index contributed by atoms with van der Waals surface area (Å²) in [5.74, 6) is 0.577. The van der Waals surface area contributed by atoms with Crippen molar-refractivity contribution in [3.05, 3.63) is 24.3 Å². The number of likely N-dealkylation sites (N-methyl/N-ethyl adjacent to an activating group) is 1. The fourth-order valence-electron chi connectivity index (χ4n) is 1.04. The molecule has 0 heterocycles. The average molecular weight is 208 g/mol. The smallest absolute Gasteiger partial charge is 0.260 e. The molecule has 0 aliphatic carbocycles. The molecule has 1 amide bonds. The molecule has 4 nitrogen and oxygen atoms in total. The Morgan fingerprint density at radius 3 is 2.87 bits per heavy atom. The van der Waals surface area contributed by atoms with Crippen LogP contribution in [0.3, 0.4) is 0 Å². The number of nitrogens with zero attached hydrogens (tertiary/aromatic N) is 1. The molecule has 1 aromatic rings. The van der Waals surface area contributed by atoms with Crippen LogP contribution in [0.4, 0.5) is 5.69 Å². The van der Waals surface area contributed by atoms with Gasteiger partial charge in [-0.1, -0.05) is 6.07 Å². The van der Waals surface area contributed by atoms with Crippen LogP contribution < -0.4 is 10.5 Å². The van der Waals surface area contributed by atoms with Crippen molar-refractivity contribution in [3.8, 4) is 5.75 Å². The fourth-order valence-corrected chi connectivity index (χ4v) is 1.04. The summed E-state index contributed by atoms with van der Waals surface area (Å²) in [6.07, 6.45) is 0. The highest BCUT2D eigenvalue weighted by Crippen LogP contribution is 2.14. The third-order valence-corrected chi connectivity index (χ3v) is 2.12. The van der Waals surface area contributed by atoms with Gasteiger partial charge in [0.05, 0.1) is 0 Å². The molecule has 0 radical (unpaired) electrons. The summed E-state index contributed by atoms with van der Waals surface area (Å²) in [6.45, 7) is 2.64. The Morgan fingerprint density at radius 2 is 2.27 bits per heavy atom. The van der Waals surface area contributed by atoms with Gasteiger partial charge in [-0.3, -0.25) is 4.79 Å². The second kappa shape index (κ2) is 5.24. The zero-order chi connectivity index (χ0) is 11.3. The lowest BCUT2D eigenvalue weighted by atomic mass is 10.3. The van der Waals surface area contributed by atoms with Gasteiger partial charge in [0.15, 0.2) is 6.61 Å². The van der Waals surface area contributed by atoms with Crippen LogP contribution in [0, 0.1) is 0 Å². The van der Waals surface area contributed by atoms with Crippen LogP contribution >= 0.6 is 0 Å². The van der Waals surface area contributed by atoms with Crippen LogP contribution in [0.15, 0.2) is 24.3 Å². The first-order valence-corrected chi connectivity index (χ1v) is 4.85. The predicted molar refractivity (Wildman–Crippen MR) is 59.7 cm³/mol. The van der Waals surface area contributed by atoms with Gasteiger partial charge in [0, 0.05) is 25.3 Å². The lowest BCUT2D eigenvalue weighted by Crippen LogP contribution is -2.31. The van der Waals surface area contributed by atoms with Gasteiger partial charge in [0.1, 0.15) is 5.75 Å². The summed E-state index contributed by atoms with van der Waals surface area (Å²) in [7, 11) is 1.74. The Morgan fingerprint density at radius 1 is 1.53 bits per heavy atom. The second-order valence-corrected chi connectivity index (χ2v) is 3.27. The molecule has 4 heteroatoms. The molecule has 1 aromatic carbocycles. The van der Waals surface area contributed by atoms with Crippen LogP contribution in [-0.4, -0.2) is 31.0 Å². The van der Waals surface area contributed by atoms with E-state index in [0.717, 1.165) is 0 Å². The summed E-state index contributed by atoms with van der Waals surface area (Å²) in [6, 6.07) is 7.03. The third kappa shape index (κ3) is 3.50. The monoisotopic (exact) mass is 208 g/mol. The minimum atomic E-state index is -0.0417. The van der Waals surface area contributed by atoms with Gasteiger partial charge in [-0.15, -0.1) is 0 Å². The number of anilines is 1. The Hall–Kier alpha value is -1.71. The number of carbonyl (C=O) groups is 1. The Bertz CT molecular complexity index is 339. The molecule has 0 unspecified atom stereocenters. The van der Waals surface area contributed by atoms with Gasteiger partial charge in [0.2, 0.25) is 0 Å². The Balaban J connectivity index is 2.47. The molecule has 0 aliphatic rings. The molecule has 0 saturated heterocycles. The fraction of sp³-hybridized carbons (Fsp3) is 0.364. The SMILES string of the molecule is CCN(C)C(=O)COc1cccc(N)c1. The zero-order valence-electron chi connectivity index (χ0n) is 9.06. The van der Waals surface area contributed by atoms with E-state index in [2.05, 4.69) is 0 Å². The summed E-state index contributed by atoms with van der Waals surface area (Å²) >= 11 is 0. The highest BCUT2D eigenvalue weighted by molar-refractivity contribution is 5.77. The molecular formula is C11H16N2O2. The Kier molecular flexibility index (Phi) is 3.97. The van der Waals surface area contributed by atoms with Gasteiger partial charge in [-0.2, -0.15) is 0 Å². The summed E-state index contributed by atoms with van der Waals surface area (Å²) in [5, 5.41) is 0. The van der Waals surface area contributed by atoms with Crippen LogP contribution in [0.5, 0.6) is 5.75 Å². The van der Waals surface area contributed by atoms with E-state index in [1.807, 2.05) is 6.92 Å². The number of nitrogens with two attached hydrogens (primary N) is 1. The molecule has 0 aromatic heterocycles. The first kappa shape index (κ1) is 11.4. The standard InChI is InChI=1S/C11H16N2O2/c1-3-13(2)11(14)8-15-10-6-4-5-9(12)7-10/h4-7H,3,8,12H2,1-2H3. The average Bonchev–Trinajstić information content (AvgIpc) is 2.25. The quantitative estimate of drug-likeness (QED) is 0.754. The lowest BCUT2D eigenvalue weighted by Gasteiger charge is -2.14. The largest absolute Gasteiger partial charge is 0.484 e. The number of amides is 1. The Labute approximate surface area is 89.6 Å². The van der Waals surface area contributed by atoms with Gasteiger partial charge in [-0.05, 0) is 19.1 Å². The second-order valence-electron chi connectivity index (χ2n) is 3.27. The molecule has 0 fully saturated rings. The van der Waals surface area contributed by atoms with Gasteiger partial charge in [-0.25, -0.2) is 0 Å². The highest BCUT2D eigenvalue weighted by atomic mass is 16.5. The number of hydrogen-bond donors (Lipinski definition) is 1. The molecule has 0 spiro atoms. The van der Waals surface area contributed by atoms with Crippen LogP contribution in [0.1, 0.15) is 6.92 Å². The molecular weight excluding hydrogens is 192 g/mol. The van der Waals surface area contributed by atoms with E-state index in [9.17, 15) is 4.79 Å². The van der Waals surface area contributed by atoms with E-state index in [0.29, 0.717) is 18.0 Å². The first-order valence-electron chi connectivity index (χ1n) is 4.85. The van der Waals surface area contributed by atoms with E-state index in [4.69, 9.17) is 10.5 Å². The zero-order valence-corrected chi connectivity index (χ0v) is 9.06. The molecule has 0 atom stereocenters. The summed E-state index contributed by atoms with van der Waals surface area (Å²) in [5.41, 5.74) is 6.20. The third-order valence-electron chi connectivity index (χ3n) is 2.12. The minimum absolute atomic E-state index is 0.0417. The number of ether oxygens (including phenoxy) is 1. The molecule has 82 valence electrons. The topological polar surface area (TPSA) is 55.6 Å². The van der Waals surface area contributed by atoms with Crippen molar-refractivity contribution >= 4 is 11.6 Å². The van der Waals surface area contributed by atoms with Crippen LogP contribution in [0.25, 0.3) is 0 Å². The van der Waals surface area contributed by atoms with E-state index < -0.39 is 0 Å². The molecule has 1 rings (SSSR count). The maximum atomic E-state index is 11.4. The summed E-state index contributed by atoms with van der Waals surface area (Å²) < 4.78 is 5.30. The van der Waals surface area contributed by atoms with E-state index in [-0.39, 0.29) is 12.5 Å². The van der Waals surface area contributed by atoms with Crippen LogP contribution in [0.2, 0.25) is 0 Å². The maximum Gasteiger partial charge on any atom is 0.260 e. The van der Waals surface area contributed by atoms with Gasteiger partial charge < -0.3 is 15.4 Å². The summed E-state index contributed by atoms with van der Waals surface area (Å²) in [4.78, 5) is 13.0. The molecule has 15 heavy (non-hydrogen) atoms. The van der Waals surface area contributed by atoms with Gasteiger partial charge in [0.25, 0.3) is 5.91 Å². The number of nitrogen functional groups attached to an aromatic ring is 1. The van der Waals surface area contributed by atoms with Crippen molar-refractivity contribution in [1.82, 2.24) is 4.90 Å². The van der Waals surface area contributed by atoms with Crippen molar-refractivity contribution in [2.24, 2.45) is 0 Å². The van der Waals surface area contributed by atoms with Crippen molar-refractivity contribution in [2.45, 2.75) is 6.92 Å². The molecule has 2 N–H and O–H groups in total. The molecule has 0 bridgehead atoms. The lowest BCUT2D eigenvalue weighted by molar-refractivity contribution is -0.131. The van der Waals surface area contributed by atoms with Crippen molar-refractivity contribution in [3.63, 3.8) is 0 Å². The van der Waals surface area contributed by atoms with E-state index in [1.165, 1.54) is 0 Å². The predicted octanol–water partition coefficient (Wildman–Crippen LogP) is 1.13. The minimum Gasteiger partial charge on any atom is -0.484 e. The van der Waals surface area contributed by atoms with Crippen molar-refractivity contribution in [2.75, 3.05) is 25.9 Å². The number of hydrogen-bond acceptors (Lipinski definition) is 3. The molecule has 0 saturated carbocycles. The number of benzene rings is 1. The highest BCUT2D eigenvalue weighted by Gasteiger charge is 2.06. The first-order chi connectivity index (χ1) is 7.13.